The summed E-state index contributed by atoms with van der Waals surface area (Å²) in [6, 6.07) is 14.4. The SMILES string of the molecule is N#Cc1cccc(N(Cc2ccc3c(c2)OCO3)C2CCCCC2)n1. The molecule has 2 heterocycles. The fraction of sp³-hybridized carbons (Fsp3) is 0.400. The highest BCUT2D eigenvalue weighted by molar-refractivity contribution is 5.48. The van der Waals surface area contributed by atoms with Gasteiger partial charge in [-0.05, 0) is 42.7 Å². The van der Waals surface area contributed by atoms with Gasteiger partial charge in [-0.2, -0.15) is 5.26 Å². The number of pyridine rings is 1. The van der Waals surface area contributed by atoms with Crippen LogP contribution in [-0.4, -0.2) is 17.8 Å². The molecule has 128 valence electrons. The maximum absolute atomic E-state index is 9.19. The summed E-state index contributed by atoms with van der Waals surface area (Å²) < 4.78 is 10.9. The topological polar surface area (TPSA) is 58.4 Å². The number of fused-ring (bicyclic) bond motifs is 1. The van der Waals surface area contributed by atoms with Crippen LogP contribution in [0.3, 0.4) is 0 Å². The maximum Gasteiger partial charge on any atom is 0.231 e. The predicted octanol–water partition coefficient (Wildman–Crippen LogP) is 4.02. The molecule has 4 rings (SSSR count). The van der Waals surface area contributed by atoms with E-state index in [0.717, 1.165) is 23.9 Å². The Morgan fingerprint density at radius 3 is 2.76 bits per heavy atom. The second-order valence-corrected chi connectivity index (χ2v) is 6.60. The van der Waals surface area contributed by atoms with Crippen molar-refractivity contribution in [3.8, 4) is 17.6 Å². The summed E-state index contributed by atoms with van der Waals surface area (Å²) in [5.74, 6) is 2.49. The van der Waals surface area contributed by atoms with Gasteiger partial charge in [-0.3, -0.25) is 0 Å². The smallest absolute Gasteiger partial charge is 0.231 e. The van der Waals surface area contributed by atoms with E-state index in [1.807, 2.05) is 24.3 Å². The molecule has 0 N–H and O–H groups in total. The molecule has 1 aliphatic carbocycles. The molecule has 1 fully saturated rings. The molecular weight excluding hydrogens is 314 g/mol. The Morgan fingerprint density at radius 2 is 1.92 bits per heavy atom. The Kier molecular flexibility index (Phi) is 4.43. The van der Waals surface area contributed by atoms with Crippen molar-refractivity contribution in [1.82, 2.24) is 4.98 Å². The first kappa shape index (κ1) is 15.8. The average molecular weight is 335 g/mol. The molecule has 0 saturated heterocycles. The van der Waals surface area contributed by atoms with E-state index in [0.29, 0.717) is 11.7 Å². The summed E-state index contributed by atoms with van der Waals surface area (Å²) >= 11 is 0. The third kappa shape index (κ3) is 3.39. The third-order valence-corrected chi connectivity index (χ3v) is 4.95. The minimum Gasteiger partial charge on any atom is -0.454 e. The van der Waals surface area contributed by atoms with Gasteiger partial charge in [0.25, 0.3) is 0 Å². The lowest BCUT2D eigenvalue weighted by molar-refractivity contribution is 0.174. The molecular formula is C20H21N3O2. The van der Waals surface area contributed by atoms with Gasteiger partial charge in [0, 0.05) is 12.6 Å². The van der Waals surface area contributed by atoms with Crippen LogP contribution in [0.4, 0.5) is 5.82 Å². The van der Waals surface area contributed by atoms with Crippen LogP contribution < -0.4 is 14.4 Å². The monoisotopic (exact) mass is 335 g/mol. The Labute approximate surface area is 147 Å². The quantitative estimate of drug-likeness (QED) is 0.844. The molecule has 0 amide bonds. The van der Waals surface area contributed by atoms with Gasteiger partial charge < -0.3 is 14.4 Å². The van der Waals surface area contributed by atoms with Crippen molar-refractivity contribution < 1.29 is 9.47 Å². The number of aromatic nitrogens is 1. The Hall–Kier alpha value is -2.74. The second-order valence-electron chi connectivity index (χ2n) is 6.60. The Bertz CT molecular complexity index is 794. The maximum atomic E-state index is 9.19. The van der Waals surface area contributed by atoms with Gasteiger partial charge in [0.15, 0.2) is 11.5 Å². The third-order valence-electron chi connectivity index (χ3n) is 4.95. The highest BCUT2D eigenvalue weighted by atomic mass is 16.7. The molecule has 25 heavy (non-hydrogen) atoms. The van der Waals surface area contributed by atoms with Crippen molar-refractivity contribution in [3.05, 3.63) is 47.7 Å². The summed E-state index contributed by atoms with van der Waals surface area (Å²) in [7, 11) is 0. The average Bonchev–Trinajstić information content (AvgIpc) is 3.14. The number of anilines is 1. The van der Waals surface area contributed by atoms with Crippen molar-refractivity contribution in [2.24, 2.45) is 0 Å². The van der Waals surface area contributed by atoms with Crippen LogP contribution in [0, 0.1) is 11.3 Å². The summed E-state index contributed by atoms with van der Waals surface area (Å²) in [6.45, 7) is 1.04. The van der Waals surface area contributed by atoms with E-state index in [-0.39, 0.29) is 6.79 Å². The van der Waals surface area contributed by atoms with Gasteiger partial charge in [-0.25, -0.2) is 4.98 Å². The normalized spacial score (nSPS) is 16.4. The molecule has 0 unspecified atom stereocenters. The van der Waals surface area contributed by atoms with Crippen LogP contribution >= 0.6 is 0 Å². The molecule has 0 bridgehead atoms. The zero-order valence-electron chi connectivity index (χ0n) is 14.1. The van der Waals surface area contributed by atoms with E-state index in [1.165, 1.54) is 37.7 Å². The molecule has 5 nitrogen and oxygen atoms in total. The number of ether oxygens (including phenoxy) is 2. The van der Waals surface area contributed by atoms with E-state index < -0.39 is 0 Å². The minimum absolute atomic E-state index is 0.289. The van der Waals surface area contributed by atoms with Crippen molar-refractivity contribution in [3.63, 3.8) is 0 Å². The highest BCUT2D eigenvalue weighted by Crippen LogP contribution is 2.34. The molecule has 2 aliphatic rings. The predicted molar refractivity (Wildman–Crippen MR) is 94.6 cm³/mol. The van der Waals surface area contributed by atoms with Crippen molar-refractivity contribution in [1.29, 1.82) is 5.26 Å². The van der Waals surface area contributed by atoms with Gasteiger partial charge in [0.2, 0.25) is 6.79 Å². The van der Waals surface area contributed by atoms with Crippen LogP contribution in [-0.2, 0) is 6.54 Å². The first-order valence-electron chi connectivity index (χ1n) is 8.86. The fourth-order valence-electron chi connectivity index (χ4n) is 3.67. The van der Waals surface area contributed by atoms with Crippen molar-refractivity contribution in [2.75, 3.05) is 11.7 Å². The zero-order valence-corrected chi connectivity index (χ0v) is 14.1. The van der Waals surface area contributed by atoms with E-state index in [4.69, 9.17) is 9.47 Å². The van der Waals surface area contributed by atoms with Gasteiger partial charge in [-0.15, -0.1) is 0 Å². The van der Waals surface area contributed by atoms with Crippen molar-refractivity contribution in [2.45, 2.75) is 44.7 Å². The summed E-state index contributed by atoms with van der Waals surface area (Å²) in [5, 5.41) is 9.19. The molecule has 0 spiro atoms. The summed E-state index contributed by atoms with van der Waals surface area (Å²) in [5.41, 5.74) is 1.63. The standard InChI is InChI=1S/C20H21N3O2/c21-12-16-5-4-8-20(22-16)23(17-6-2-1-3-7-17)13-15-9-10-18-19(11-15)25-14-24-18/h4-5,8-11,17H,1-3,6-7,13-14H2. The lowest BCUT2D eigenvalue weighted by Gasteiger charge is -2.35. The van der Waals surface area contributed by atoms with Crippen molar-refractivity contribution >= 4 is 5.82 Å². The number of hydrogen-bond acceptors (Lipinski definition) is 5. The number of benzene rings is 1. The molecule has 0 radical (unpaired) electrons. The molecule has 5 heteroatoms. The van der Waals surface area contributed by atoms with E-state index >= 15 is 0 Å². The summed E-state index contributed by atoms with van der Waals surface area (Å²) in [6.07, 6.45) is 6.15. The molecule has 2 aromatic rings. The lowest BCUT2D eigenvalue weighted by atomic mass is 9.93. The molecule has 1 aromatic carbocycles. The lowest BCUT2D eigenvalue weighted by Crippen LogP contribution is -2.37. The number of hydrogen-bond donors (Lipinski definition) is 0. The van der Waals surface area contributed by atoms with Crippen LogP contribution in [0.5, 0.6) is 11.5 Å². The number of nitriles is 1. The summed E-state index contributed by atoms with van der Waals surface area (Å²) in [4.78, 5) is 6.89. The largest absolute Gasteiger partial charge is 0.454 e. The first-order chi connectivity index (χ1) is 12.3. The van der Waals surface area contributed by atoms with Crippen LogP contribution in [0.25, 0.3) is 0 Å². The van der Waals surface area contributed by atoms with Gasteiger partial charge in [0.1, 0.15) is 17.6 Å². The fourth-order valence-corrected chi connectivity index (χ4v) is 3.67. The molecule has 0 atom stereocenters. The molecule has 1 aliphatic heterocycles. The van der Waals surface area contributed by atoms with Crippen LogP contribution in [0.15, 0.2) is 36.4 Å². The van der Waals surface area contributed by atoms with Gasteiger partial charge >= 0.3 is 0 Å². The van der Waals surface area contributed by atoms with Gasteiger partial charge in [-0.1, -0.05) is 31.4 Å². The Balaban J connectivity index is 1.63. The first-order valence-corrected chi connectivity index (χ1v) is 8.86. The van der Waals surface area contributed by atoms with E-state index in [9.17, 15) is 5.26 Å². The van der Waals surface area contributed by atoms with E-state index in [2.05, 4.69) is 22.0 Å². The number of rotatable bonds is 4. The van der Waals surface area contributed by atoms with Crippen LogP contribution in [0.2, 0.25) is 0 Å². The molecule has 1 aromatic heterocycles. The number of nitrogens with zero attached hydrogens (tertiary/aromatic N) is 3. The zero-order chi connectivity index (χ0) is 17.1. The molecule has 1 saturated carbocycles. The minimum atomic E-state index is 0.289. The van der Waals surface area contributed by atoms with Crippen LogP contribution in [0.1, 0.15) is 43.4 Å². The van der Waals surface area contributed by atoms with E-state index in [1.54, 1.807) is 6.07 Å². The highest BCUT2D eigenvalue weighted by Gasteiger charge is 2.24. The second kappa shape index (κ2) is 7.02. The van der Waals surface area contributed by atoms with Gasteiger partial charge in [0.05, 0.1) is 0 Å². The Morgan fingerprint density at radius 1 is 1.08 bits per heavy atom.